The van der Waals surface area contributed by atoms with Gasteiger partial charge >= 0.3 is 11.9 Å². The summed E-state index contributed by atoms with van der Waals surface area (Å²) in [6.45, 7) is 9.39. The van der Waals surface area contributed by atoms with Crippen LogP contribution in [0.1, 0.15) is 220 Å². The lowest BCUT2D eigenvalue weighted by Crippen LogP contribution is -2.18. The van der Waals surface area contributed by atoms with Gasteiger partial charge in [0.25, 0.3) is 6.47 Å². The molecule has 0 N–H and O–H groups in total. The van der Waals surface area contributed by atoms with E-state index in [-0.39, 0.29) is 30.3 Å². The first-order valence-electron chi connectivity index (χ1n) is 20.0. The number of esters is 2. The molecule has 0 rings (SSSR count). The quantitative estimate of drug-likeness (QED) is 0.0290. The van der Waals surface area contributed by atoms with Crippen LogP contribution in [0.5, 0.6) is 0 Å². The zero-order valence-electron chi connectivity index (χ0n) is 31.0. The molecule has 272 valence electrons. The van der Waals surface area contributed by atoms with E-state index in [1.54, 1.807) is 0 Å². The first-order valence-corrected chi connectivity index (χ1v) is 20.0. The number of ether oxygens (including phenoxy) is 3. The Bertz CT molecular complexity index is 629. The molecule has 0 saturated heterocycles. The average Bonchev–Trinajstić information content (AvgIpc) is 3.04. The van der Waals surface area contributed by atoms with Gasteiger partial charge in [0.2, 0.25) is 0 Å². The largest absolute Gasteiger partial charge is 0.465 e. The Morgan fingerprint density at radius 2 is 0.717 bits per heavy atom. The molecule has 0 bridgehead atoms. The second-order valence-corrected chi connectivity index (χ2v) is 13.7. The van der Waals surface area contributed by atoms with Gasteiger partial charge < -0.3 is 14.2 Å². The summed E-state index contributed by atoms with van der Waals surface area (Å²) in [6, 6.07) is 0. The molecular formula is C40H76O6. The smallest absolute Gasteiger partial charge is 0.306 e. The summed E-state index contributed by atoms with van der Waals surface area (Å²) in [5.74, 6) is -0.0361. The number of carbonyl (C=O) groups excluding carboxylic acids is 3. The van der Waals surface area contributed by atoms with E-state index in [1.807, 2.05) is 0 Å². The lowest BCUT2D eigenvalue weighted by molar-refractivity contribution is -0.151. The summed E-state index contributed by atoms with van der Waals surface area (Å²) >= 11 is 0. The van der Waals surface area contributed by atoms with Crippen LogP contribution in [0.15, 0.2) is 0 Å². The zero-order valence-corrected chi connectivity index (χ0v) is 31.0. The van der Waals surface area contributed by atoms with E-state index < -0.39 is 0 Å². The third-order valence-electron chi connectivity index (χ3n) is 9.18. The van der Waals surface area contributed by atoms with E-state index in [2.05, 4.69) is 27.7 Å². The van der Waals surface area contributed by atoms with Crippen molar-refractivity contribution in [1.82, 2.24) is 0 Å². The van der Waals surface area contributed by atoms with Gasteiger partial charge in [0.15, 0.2) is 0 Å². The van der Waals surface area contributed by atoms with Gasteiger partial charge in [-0.3, -0.25) is 14.4 Å². The predicted molar refractivity (Wildman–Crippen MR) is 192 cm³/mol. The molecule has 0 heterocycles. The Balaban J connectivity index is 3.88. The van der Waals surface area contributed by atoms with Gasteiger partial charge in [-0.25, -0.2) is 0 Å². The van der Waals surface area contributed by atoms with Crippen LogP contribution in [0.4, 0.5) is 0 Å². The Labute approximate surface area is 285 Å². The fourth-order valence-electron chi connectivity index (χ4n) is 6.18. The monoisotopic (exact) mass is 653 g/mol. The Kier molecular flexibility index (Phi) is 33.5. The first-order chi connectivity index (χ1) is 22.5. The normalized spacial score (nSPS) is 13.2. The number of hydrogen-bond acceptors (Lipinski definition) is 6. The van der Waals surface area contributed by atoms with Gasteiger partial charge in [-0.2, -0.15) is 0 Å². The molecule has 0 radical (unpaired) electrons. The van der Waals surface area contributed by atoms with Gasteiger partial charge in [0, 0.05) is 12.8 Å². The molecule has 0 amide bonds. The van der Waals surface area contributed by atoms with E-state index in [4.69, 9.17) is 14.2 Å². The number of carbonyl (C=O) groups is 3. The van der Waals surface area contributed by atoms with Gasteiger partial charge in [-0.15, -0.1) is 0 Å². The second-order valence-electron chi connectivity index (χ2n) is 13.7. The first kappa shape index (κ1) is 44.4. The Hall–Kier alpha value is -1.59. The minimum atomic E-state index is -0.0180. The van der Waals surface area contributed by atoms with E-state index in [9.17, 15) is 14.4 Å². The molecule has 2 atom stereocenters. The highest BCUT2D eigenvalue weighted by atomic mass is 16.5. The van der Waals surface area contributed by atoms with Crippen molar-refractivity contribution in [3.05, 3.63) is 0 Å². The molecule has 0 fully saturated rings. The van der Waals surface area contributed by atoms with Crippen LogP contribution in [0.25, 0.3) is 0 Å². The third kappa shape index (κ3) is 29.8. The lowest BCUT2D eigenvalue weighted by Gasteiger charge is -2.17. The van der Waals surface area contributed by atoms with Gasteiger partial charge in [-0.1, -0.05) is 130 Å². The number of rotatable bonds is 36. The number of hydrogen-bond donors (Lipinski definition) is 0. The maximum Gasteiger partial charge on any atom is 0.306 e. The van der Waals surface area contributed by atoms with Crippen LogP contribution in [0.2, 0.25) is 0 Å². The van der Waals surface area contributed by atoms with Crippen LogP contribution in [-0.4, -0.2) is 36.7 Å². The highest BCUT2D eigenvalue weighted by molar-refractivity contribution is 5.69. The minimum Gasteiger partial charge on any atom is -0.465 e. The molecule has 0 aromatic rings. The summed E-state index contributed by atoms with van der Waals surface area (Å²) in [6.07, 6.45) is 31.8. The van der Waals surface area contributed by atoms with Crippen molar-refractivity contribution in [2.75, 3.05) is 0 Å². The maximum absolute atomic E-state index is 12.3. The second kappa shape index (κ2) is 34.7. The summed E-state index contributed by atoms with van der Waals surface area (Å²) in [4.78, 5) is 35.7. The molecule has 46 heavy (non-hydrogen) atoms. The van der Waals surface area contributed by atoms with E-state index in [0.29, 0.717) is 19.3 Å². The van der Waals surface area contributed by atoms with Crippen LogP contribution in [-0.2, 0) is 28.6 Å². The molecular weight excluding hydrogens is 576 g/mol. The van der Waals surface area contributed by atoms with Crippen LogP contribution >= 0.6 is 0 Å². The van der Waals surface area contributed by atoms with E-state index >= 15 is 0 Å². The summed E-state index contributed by atoms with van der Waals surface area (Å²) in [7, 11) is 0. The average molecular weight is 653 g/mol. The fourth-order valence-corrected chi connectivity index (χ4v) is 6.18. The van der Waals surface area contributed by atoms with Crippen molar-refractivity contribution < 1.29 is 28.6 Å². The van der Waals surface area contributed by atoms with Gasteiger partial charge in [-0.05, 0) is 77.0 Å². The summed E-state index contributed by atoms with van der Waals surface area (Å²) in [5, 5.41) is 0. The van der Waals surface area contributed by atoms with Crippen molar-refractivity contribution in [1.29, 1.82) is 0 Å². The van der Waals surface area contributed by atoms with Crippen LogP contribution in [0.3, 0.4) is 0 Å². The molecule has 0 aliphatic heterocycles. The summed E-state index contributed by atoms with van der Waals surface area (Å²) < 4.78 is 17.0. The fraction of sp³-hybridized carbons (Fsp3) is 0.925. The maximum atomic E-state index is 12.3. The molecule has 2 unspecified atom stereocenters. The molecule has 6 heteroatoms. The summed E-state index contributed by atoms with van der Waals surface area (Å²) in [5.41, 5.74) is 0. The van der Waals surface area contributed by atoms with E-state index in [1.165, 1.54) is 25.7 Å². The molecule has 0 spiro atoms. The highest BCUT2D eigenvalue weighted by Gasteiger charge is 2.15. The molecule has 6 nitrogen and oxygen atoms in total. The molecule has 0 aromatic carbocycles. The number of unbranched alkanes of at least 4 members (excludes halogenated alkanes) is 16. The van der Waals surface area contributed by atoms with Crippen molar-refractivity contribution in [3.63, 3.8) is 0 Å². The van der Waals surface area contributed by atoms with Crippen LogP contribution < -0.4 is 0 Å². The van der Waals surface area contributed by atoms with E-state index in [0.717, 1.165) is 154 Å². The molecule has 0 aliphatic carbocycles. The molecule has 0 aliphatic rings. The minimum absolute atomic E-state index is 0.0180. The van der Waals surface area contributed by atoms with Crippen molar-refractivity contribution in [2.45, 2.75) is 239 Å². The van der Waals surface area contributed by atoms with Crippen molar-refractivity contribution >= 4 is 18.4 Å². The predicted octanol–water partition coefficient (Wildman–Crippen LogP) is 12.1. The van der Waals surface area contributed by atoms with Crippen LogP contribution in [0, 0.1) is 0 Å². The highest BCUT2D eigenvalue weighted by Crippen LogP contribution is 2.19. The zero-order chi connectivity index (χ0) is 33.9. The Morgan fingerprint density at radius 1 is 0.413 bits per heavy atom. The topological polar surface area (TPSA) is 78.9 Å². The molecule has 0 saturated carbocycles. The molecule has 0 aromatic heterocycles. The van der Waals surface area contributed by atoms with Crippen molar-refractivity contribution in [2.24, 2.45) is 0 Å². The Morgan fingerprint density at radius 3 is 1.09 bits per heavy atom. The SMILES string of the molecule is CCCCCC(CCCC)OC(=O)CCCCCCCCC(CCCCCCCCC(=O)OC(CCCC)CCCCC)OC=O. The van der Waals surface area contributed by atoms with Gasteiger partial charge in [0.05, 0.1) is 0 Å². The standard InChI is InChI=1S/C40H76O6/c1-5-9-21-31-37(27-11-7-3)45-39(42)33-25-19-15-13-17-23-29-36(44-35-41)30-24-18-14-16-20-26-34-40(43)46-38(28-12-8-4)32-22-10-6-2/h35-38H,5-34H2,1-4H3. The third-order valence-corrected chi connectivity index (χ3v) is 9.18. The lowest BCUT2D eigenvalue weighted by atomic mass is 10.0. The van der Waals surface area contributed by atoms with Crippen molar-refractivity contribution in [3.8, 4) is 0 Å². The van der Waals surface area contributed by atoms with Gasteiger partial charge in [0.1, 0.15) is 18.3 Å².